The molecule has 0 saturated carbocycles. The molecule has 160 valence electrons. The number of carbonyl (C=O) groups excluding carboxylic acids is 3. The zero-order valence-electron chi connectivity index (χ0n) is 18.1. The van der Waals surface area contributed by atoms with Crippen LogP contribution in [0.1, 0.15) is 44.7 Å². The van der Waals surface area contributed by atoms with Gasteiger partial charge in [0.05, 0.1) is 5.41 Å². The third-order valence-electron chi connectivity index (χ3n) is 5.96. The summed E-state index contributed by atoms with van der Waals surface area (Å²) < 4.78 is 0. The summed E-state index contributed by atoms with van der Waals surface area (Å²) in [7, 11) is 0. The molecule has 2 amide bonds. The molecular formula is C25H32N2O3. The van der Waals surface area contributed by atoms with Crippen LogP contribution >= 0.6 is 0 Å². The van der Waals surface area contributed by atoms with Crippen LogP contribution in [0, 0.1) is 16.7 Å². The van der Waals surface area contributed by atoms with E-state index in [4.69, 9.17) is 11.5 Å². The van der Waals surface area contributed by atoms with E-state index in [-0.39, 0.29) is 18.6 Å². The number of Topliss-reactive ketones (excluding diaryl/α,β-unsaturated/α-hetero) is 1. The van der Waals surface area contributed by atoms with Crippen LogP contribution in [-0.4, -0.2) is 17.6 Å². The molecule has 2 atom stereocenters. The minimum absolute atomic E-state index is 0.00979. The molecule has 5 nitrogen and oxygen atoms in total. The van der Waals surface area contributed by atoms with Crippen molar-refractivity contribution in [2.75, 3.05) is 0 Å². The normalized spacial score (nSPS) is 14.5. The predicted octanol–water partition coefficient (Wildman–Crippen LogP) is 3.44. The van der Waals surface area contributed by atoms with Crippen LogP contribution in [0.5, 0.6) is 0 Å². The minimum atomic E-state index is -1.07. The van der Waals surface area contributed by atoms with Crippen LogP contribution < -0.4 is 11.5 Å². The van der Waals surface area contributed by atoms with Crippen molar-refractivity contribution in [3.8, 4) is 0 Å². The van der Waals surface area contributed by atoms with Crippen molar-refractivity contribution in [3.63, 3.8) is 0 Å². The number of primary amides is 2. The molecular weight excluding hydrogens is 376 g/mol. The van der Waals surface area contributed by atoms with E-state index < -0.39 is 28.6 Å². The zero-order valence-corrected chi connectivity index (χ0v) is 18.1. The number of carbonyl (C=O) groups is 3. The first-order valence-corrected chi connectivity index (χ1v) is 10.2. The van der Waals surface area contributed by atoms with Crippen LogP contribution in [0.15, 0.2) is 60.7 Å². The summed E-state index contributed by atoms with van der Waals surface area (Å²) in [4.78, 5) is 37.8. The summed E-state index contributed by atoms with van der Waals surface area (Å²) >= 11 is 0. The van der Waals surface area contributed by atoms with Crippen molar-refractivity contribution in [2.24, 2.45) is 28.2 Å². The van der Waals surface area contributed by atoms with Crippen molar-refractivity contribution in [1.29, 1.82) is 0 Å². The highest BCUT2D eigenvalue weighted by Gasteiger charge is 2.48. The maximum absolute atomic E-state index is 13.1. The van der Waals surface area contributed by atoms with E-state index >= 15 is 0 Å². The fourth-order valence-corrected chi connectivity index (χ4v) is 3.94. The maximum atomic E-state index is 13.1. The van der Waals surface area contributed by atoms with Gasteiger partial charge in [0, 0.05) is 18.8 Å². The van der Waals surface area contributed by atoms with E-state index in [2.05, 4.69) is 0 Å². The van der Waals surface area contributed by atoms with Crippen molar-refractivity contribution >= 4 is 17.6 Å². The van der Waals surface area contributed by atoms with Gasteiger partial charge < -0.3 is 11.5 Å². The second-order valence-corrected chi connectivity index (χ2v) is 9.07. The molecule has 2 rings (SSSR count). The molecule has 0 aliphatic heterocycles. The lowest BCUT2D eigenvalue weighted by molar-refractivity contribution is -0.141. The molecule has 0 heterocycles. The highest BCUT2D eigenvalue weighted by atomic mass is 16.2. The number of ketones is 1. The second kappa shape index (κ2) is 9.70. The molecule has 2 aromatic carbocycles. The van der Waals surface area contributed by atoms with E-state index in [9.17, 15) is 14.4 Å². The Morgan fingerprint density at radius 3 is 1.77 bits per heavy atom. The van der Waals surface area contributed by atoms with Crippen molar-refractivity contribution in [1.82, 2.24) is 0 Å². The largest absolute Gasteiger partial charge is 0.369 e. The lowest BCUT2D eigenvalue weighted by Crippen LogP contribution is -2.50. The minimum Gasteiger partial charge on any atom is -0.369 e. The average Bonchev–Trinajstić information content (AvgIpc) is 2.67. The molecule has 0 bridgehead atoms. The Kier molecular flexibility index (Phi) is 7.54. The molecule has 4 N–H and O–H groups in total. The van der Waals surface area contributed by atoms with Gasteiger partial charge >= 0.3 is 0 Å². The van der Waals surface area contributed by atoms with Gasteiger partial charge in [-0.05, 0) is 29.4 Å². The Morgan fingerprint density at radius 2 is 1.33 bits per heavy atom. The molecule has 5 heteroatoms. The quantitative estimate of drug-likeness (QED) is 0.629. The Morgan fingerprint density at radius 1 is 0.833 bits per heavy atom. The van der Waals surface area contributed by atoms with E-state index in [0.717, 1.165) is 11.1 Å². The predicted molar refractivity (Wildman–Crippen MR) is 118 cm³/mol. The molecule has 0 aliphatic rings. The Labute approximate surface area is 178 Å². The molecule has 30 heavy (non-hydrogen) atoms. The zero-order chi connectivity index (χ0) is 22.4. The maximum Gasteiger partial charge on any atom is 0.224 e. The molecule has 0 aromatic heterocycles. The van der Waals surface area contributed by atoms with Gasteiger partial charge in [-0.15, -0.1) is 0 Å². The summed E-state index contributed by atoms with van der Waals surface area (Å²) in [6.45, 7) is 5.76. The van der Waals surface area contributed by atoms with Crippen LogP contribution in [0.3, 0.4) is 0 Å². The standard InChI is InChI=1S/C25H32N2O3/c1-24(2,3)25(23(27)30,16-19-12-8-5-9-13-19)17-21(28)15-20(22(26)29)14-18-10-6-4-7-11-18/h4-13,20H,14-17H2,1-3H3,(H2,26,29)(H2,27,30). The summed E-state index contributed by atoms with van der Waals surface area (Å²) in [5.41, 5.74) is 11.7. The van der Waals surface area contributed by atoms with Gasteiger partial charge in [-0.25, -0.2) is 0 Å². The lowest BCUT2D eigenvalue weighted by Gasteiger charge is -2.42. The fraction of sp³-hybridized carbons (Fsp3) is 0.400. The summed E-state index contributed by atoms with van der Waals surface area (Å²) in [5, 5.41) is 0. The van der Waals surface area contributed by atoms with Crippen molar-refractivity contribution < 1.29 is 14.4 Å². The summed E-state index contributed by atoms with van der Waals surface area (Å²) in [5.74, 6) is -1.83. The van der Waals surface area contributed by atoms with Gasteiger partial charge in [0.25, 0.3) is 0 Å². The van der Waals surface area contributed by atoms with Crippen LogP contribution in [0.25, 0.3) is 0 Å². The SMILES string of the molecule is CC(C)(C)C(CC(=O)CC(Cc1ccccc1)C(N)=O)(Cc1ccccc1)C(N)=O. The molecule has 0 radical (unpaired) electrons. The first-order valence-electron chi connectivity index (χ1n) is 10.2. The van der Waals surface area contributed by atoms with Crippen LogP contribution in [0.2, 0.25) is 0 Å². The Balaban J connectivity index is 2.26. The van der Waals surface area contributed by atoms with Gasteiger partial charge in [-0.1, -0.05) is 81.4 Å². The first kappa shape index (κ1) is 23.3. The molecule has 0 fully saturated rings. The highest BCUT2D eigenvalue weighted by molar-refractivity contribution is 5.92. The van der Waals surface area contributed by atoms with Gasteiger partial charge in [0.2, 0.25) is 11.8 Å². The topological polar surface area (TPSA) is 103 Å². The molecule has 0 saturated heterocycles. The van der Waals surface area contributed by atoms with Crippen molar-refractivity contribution in [3.05, 3.63) is 71.8 Å². The van der Waals surface area contributed by atoms with Gasteiger partial charge in [0.1, 0.15) is 5.78 Å². The van der Waals surface area contributed by atoms with E-state index in [0.29, 0.717) is 12.8 Å². The second-order valence-electron chi connectivity index (χ2n) is 9.07. The molecule has 2 unspecified atom stereocenters. The number of benzene rings is 2. The number of rotatable bonds is 10. The van der Waals surface area contributed by atoms with Crippen molar-refractivity contribution in [2.45, 2.75) is 46.5 Å². The number of hydrogen-bond donors (Lipinski definition) is 2. The number of amides is 2. The summed E-state index contributed by atoms with van der Waals surface area (Å²) in [6, 6.07) is 19.0. The fourth-order valence-electron chi connectivity index (χ4n) is 3.94. The Bertz CT molecular complexity index is 872. The van der Waals surface area contributed by atoms with Crippen LogP contribution in [0.4, 0.5) is 0 Å². The summed E-state index contributed by atoms with van der Waals surface area (Å²) in [6.07, 6.45) is 0.710. The molecule has 2 aromatic rings. The van der Waals surface area contributed by atoms with E-state index in [1.165, 1.54) is 0 Å². The third-order valence-corrected chi connectivity index (χ3v) is 5.96. The third kappa shape index (κ3) is 5.78. The van der Waals surface area contributed by atoms with E-state index in [1.807, 2.05) is 81.4 Å². The van der Waals surface area contributed by atoms with Gasteiger partial charge in [-0.3, -0.25) is 14.4 Å². The Hall–Kier alpha value is -2.95. The monoisotopic (exact) mass is 408 g/mol. The smallest absolute Gasteiger partial charge is 0.224 e. The lowest BCUT2D eigenvalue weighted by atomic mass is 9.60. The molecule has 0 spiro atoms. The highest BCUT2D eigenvalue weighted by Crippen LogP contribution is 2.45. The first-order chi connectivity index (χ1) is 14.0. The average molecular weight is 409 g/mol. The van der Waals surface area contributed by atoms with Gasteiger partial charge in [0.15, 0.2) is 0 Å². The number of hydrogen-bond acceptors (Lipinski definition) is 3. The molecule has 0 aliphatic carbocycles. The van der Waals surface area contributed by atoms with Crippen LogP contribution in [-0.2, 0) is 27.2 Å². The van der Waals surface area contributed by atoms with Gasteiger partial charge in [-0.2, -0.15) is 0 Å². The number of nitrogens with two attached hydrogens (primary N) is 2. The van der Waals surface area contributed by atoms with E-state index in [1.54, 1.807) is 0 Å².